The summed E-state index contributed by atoms with van der Waals surface area (Å²) < 4.78 is 0. The third-order valence-electron chi connectivity index (χ3n) is 2.25. The van der Waals surface area contributed by atoms with Gasteiger partial charge in [-0.05, 0) is 36.4 Å². The molecule has 0 unspecified atom stereocenters. The fourth-order valence-electron chi connectivity index (χ4n) is 1.39. The lowest BCUT2D eigenvalue weighted by atomic mass is 10.3. The highest BCUT2D eigenvalue weighted by atomic mass is 35.5. The van der Waals surface area contributed by atoms with Crippen LogP contribution in [0.3, 0.4) is 0 Å². The molecule has 0 saturated heterocycles. The Balaban J connectivity index is 2.01. The third-order valence-corrected chi connectivity index (χ3v) is 2.58. The number of carbonyl (C=O) groups excluding carboxylic acids is 1. The molecule has 0 aliphatic heterocycles. The van der Waals surface area contributed by atoms with Gasteiger partial charge in [0.05, 0.1) is 10.7 Å². The second kappa shape index (κ2) is 5.42. The van der Waals surface area contributed by atoms with Gasteiger partial charge in [-0.15, -0.1) is 0 Å². The number of phenolic OH excluding ortho intramolecular Hbond substituents is 1. The van der Waals surface area contributed by atoms with Crippen LogP contribution in [0, 0.1) is 0 Å². The first-order chi connectivity index (χ1) is 8.65. The molecule has 2 aromatic rings. The molecule has 0 aromatic heterocycles. The van der Waals surface area contributed by atoms with E-state index in [0.717, 1.165) is 0 Å². The van der Waals surface area contributed by atoms with E-state index in [9.17, 15) is 4.79 Å². The van der Waals surface area contributed by atoms with E-state index in [1.165, 1.54) is 12.1 Å². The summed E-state index contributed by atoms with van der Waals surface area (Å²) in [7, 11) is 0. The fourth-order valence-corrected chi connectivity index (χ4v) is 1.57. The van der Waals surface area contributed by atoms with Gasteiger partial charge in [0.25, 0.3) is 0 Å². The molecule has 0 aliphatic rings. The van der Waals surface area contributed by atoms with E-state index in [0.29, 0.717) is 16.4 Å². The maximum Gasteiger partial charge on any atom is 0.323 e. The minimum atomic E-state index is -0.395. The zero-order valence-electron chi connectivity index (χ0n) is 9.35. The molecule has 2 rings (SSSR count). The lowest BCUT2D eigenvalue weighted by molar-refractivity contribution is 0.262. The minimum absolute atomic E-state index is 0.145. The standard InChI is InChI=1S/C13H11ClN2O2/c14-11-3-1-2-4-12(11)16-13(18)15-9-5-7-10(17)8-6-9/h1-8,17H,(H2,15,16,18). The van der Waals surface area contributed by atoms with Crippen molar-refractivity contribution in [2.45, 2.75) is 0 Å². The predicted molar refractivity (Wildman–Crippen MR) is 72.2 cm³/mol. The number of benzene rings is 2. The molecule has 4 nitrogen and oxygen atoms in total. The quantitative estimate of drug-likeness (QED) is 0.723. The summed E-state index contributed by atoms with van der Waals surface area (Å²) in [6, 6.07) is 12.7. The van der Waals surface area contributed by atoms with Gasteiger partial charge in [-0.3, -0.25) is 0 Å². The van der Waals surface area contributed by atoms with Crippen LogP contribution in [-0.2, 0) is 0 Å². The van der Waals surface area contributed by atoms with Crippen LogP contribution in [0.5, 0.6) is 5.75 Å². The number of para-hydroxylation sites is 1. The molecule has 18 heavy (non-hydrogen) atoms. The van der Waals surface area contributed by atoms with Gasteiger partial charge in [0.2, 0.25) is 0 Å². The molecule has 92 valence electrons. The number of anilines is 2. The SMILES string of the molecule is O=C(Nc1ccc(O)cc1)Nc1ccccc1Cl. The highest BCUT2D eigenvalue weighted by molar-refractivity contribution is 6.33. The van der Waals surface area contributed by atoms with Crippen LogP contribution in [0.1, 0.15) is 0 Å². The summed E-state index contributed by atoms with van der Waals surface area (Å²) in [5.74, 6) is 0.145. The zero-order chi connectivity index (χ0) is 13.0. The average Bonchev–Trinajstić information content (AvgIpc) is 2.35. The molecule has 0 spiro atoms. The first-order valence-electron chi connectivity index (χ1n) is 5.27. The molecule has 2 aromatic carbocycles. The van der Waals surface area contributed by atoms with Crippen LogP contribution in [-0.4, -0.2) is 11.1 Å². The molecule has 0 atom stereocenters. The van der Waals surface area contributed by atoms with Crippen molar-refractivity contribution >= 4 is 29.0 Å². The van der Waals surface area contributed by atoms with Crippen molar-refractivity contribution in [2.24, 2.45) is 0 Å². The van der Waals surface area contributed by atoms with Crippen LogP contribution < -0.4 is 10.6 Å². The third kappa shape index (κ3) is 3.15. The molecular weight excluding hydrogens is 252 g/mol. The van der Waals surface area contributed by atoms with Gasteiger partial charge in [-0.2, -0.15) is 0 Å². The van der Waals surface area contributed by atoms with Crippen LogP contribution in [0.4, 0.5) is 16.2 Å². The molecule has 2 amide bonds. The number of aromatic hydroxyl groups is 1. The Hall–Kier alpha value is -2.20. The molecule has 0 bridgehead atoms. The van der Waals surface area contributed by atoms with E-state index in [1.54, 1.807) is 36.4 Å². The van der Waals surface area contributed by atoms with E-state index >= 15 is 0 Å². The highest BCUT2D eigenvalue weighted by Crippen LogP contribution is 2.21. The van der Waals surface area contributed by atoms with Crippen molar-refractivity contribution in [3.8, 4) is 5.75 Å². The van der Waals surface area contributed by atoms with E-state index in [4.69, 9.17) is 16.7 Å². The van der Waals surface area contributed by atoms with Gasteiger partial charge in [-0.1, -0.05) is 23.7 Å². The molecule has 0 saturated carbocycles. The van der Waals surface area contributed by atoms with E-state index < -0.39 is 6.03 Å². The Bertz CT molecular complexity index is 555. The van der Waals surface area contributed by atoms with Crippen LogP contribution in [0.15, 0.2) is 48.5 Å². The summed E-state index contributed by atoms with van der Waals surface area (Å²) in [4.78, 5) is 11.7. The number of halogens is 1. The number of amides is 2. The van der Waals surface area contributed by atoms with Crippen molar-refractivity contribution in [3.05, 3.63) is 53.6 Å². The first kappa shape index (κ1) is 12.3. The van der Waals surface area contributed by atoms with Gasteiger partial charge >= 0.3 is 6.03 Å². The van der Waals surface area contributed by atoms with Gasteiger partial charge in [0, 0.05) is 5.69 Å². The predicted octanol–water partition coefficient (Wildman–Crippen LogP) is 3.69. The summed E-state index contributed by atoms with van der Waals surface area (Å²) in [6.45, 7) is 0. The Morgan fingerprint density at radius 1 is 1.00 bits per heavy atom. The summed E-state index contributed by atoms with van der Waals surface area (Å²) in [5.41, 5.74) is 1.12. The maximum atomic E-state index is 11.7. The van der Waals surface area contributed by atoms with Crippen molar-refractivity contribution < 1.29 is 9.90 Å². The van der Waals surface area contributed by atoms with Crippen molar-refractivity contribution in [3.63, 3.8) is 0 Å². The van der Waals surface area contributed by atoms with Gasteiger partial charge in [-0.25, -0.2) is 4.79 Å². The van der Waals surface area contributed by atoms with Gasteiger partial charge in [0.1, 0.15) is 5.75 Å². The molecule has 0 fully saturated rings. The molecular formula is C13H11ClN2O2. The monoisotopic (exact) mass is 262 g/mol. The number of hydrogen-bond donors (Lipinski definition) is 3. The van der Waals surface area contributed by atoms with Crippen molar-refractivity contribution in [1.82, 2.24) is 0 Å². The van der Waals surface area contributed by atoms with E-state index in [2.05, 4.69) is 10.6 Å². The number of phenols is 1. The van der Waals surface area contributed by atoms with E-state index in [1.807, 2.05) is 0 Å². The topological polar surface area (TPSA) is 61.4 Å². The summed E-state index contributed by atoms with van der Waals surface area (Å²) in [6.07, 6.45) is 0. The molecule has 0 heterocycles. The Kier molecular flexibility index (Phi) is 3.69. The van der Waals surface area contributed by atoms with Crippen LogP contribution in [0.25, 0.3) is 0 Å². The van der Waals surface area contributed by atoms with Gasteiger partial charge in [0.15, 0.2) is 0 Å². The Labute approximate surface area is 109 Å². The number of urea groups is 1. The number of rotatable bonds is 2. The molecule has 0 radical (unpaired) electrons. The van der Waals surface area contributed by atoms with Crippen molar-refractivity contribution in [2.75, 3.05) is 10.6 Å². The lowest BCUT2D eigenvalue weighted by Crippen LogP contribution is -2.19. The molecule has 5 heteroatoms. The molecule has 3 N–H and O–H groups in total. The summed E-state index contributed by atoms with van der Waals surface area (Å²) >= 11 is 5.92. The van der Waals surface area contributed by atoms with Gasteiger partial charge < -0.3 is 15.7 Å². The lowest BCUT2D eigenvalue weighted by Gasteiger charge is -2.08. The largest absolute Gasteiger partial charge is 0.508 e. The number of nitrogens with one attached hydrogen (secondary N) is 2. The molecule has 0 aliphatic carbocycles. The van der Waals surface area contributed by atoms with E-state index in [-0.39, 0.29) is 5.75 Å². The normalized spacial score (nSPS) is 9.83. The van der Waals surface area contributed by atoms with Crippen molar-refractivity contribution in [1.29, 1.82) is 0 Å². The fraction of sp³-hybridized carbons (Fsp3) is 0. The second-order valence-corrected chi connectivity index (χ2v) is 4.01. The maximum absolute atomic E-state index is 11.7. The second-order valence-electron chi connectivity index (χ2n) is 3.61. The average molecular weight is 263 g/mol. The zero-order valence-corrected chi connectivity index (χ0v) is 10.1. The Morgan fingerprint density at radius 2 is 1.67 bits per heavy atom. The smallest absolute Gasteiger partial charge is 0.323 e. The summed E-state index contributed by atoms with van der Waals surface area (Å²) in [5, 5.41) is 14.8. The first-order valence-corrected chi connectivity index (χ1v) is 5.64. The van der Waals surface area contributed by atoms with Crippen LogP contribution >= 0.6 is 11.6 Å². The number of hydrogen-bond acceptors (Lipinski definition) is 2. The van der Waals surface area contributed by atoms with Crippen LogP contribution in [0.2, 0.25) is 5.02 Å². The Morgan fingerprint density at radius 3 is 2.33 bits per heavy atom. The highest BCUT2D eigenvalue weighted by Gasteiger charge is 2.05. The number of carbonyl (C=O) groups is 1. The minimum Gasteiger partial charge on any atom is -0.508 e.